The Morgan fingerprint density at radius 2 is 1.83 bits per heavy atom. The van der Waals surface area contributed by atoms with Crippen LogP contribution in [-0.4, -0.2) is 30.9 Å². The fraction of sp³-hybridized carbons (Fsp3) is 0.611. The fourth-order valence-electron chi connectivity index (χ4n) is 2.23. The van der Waals surface area contributed by atoms with Crippen molar-refractivity contribution in [3.05, 3.63) is 29.8 Å². The van der Waals surface area contributed by atoms with E-state index in [2.05, 4.69) is 19.1 Å². The number of ether oxygens (including phenoxy) is 2. The van der Waals surface area contributed by atoms with Crippen LogP contribution in [0.2, 0.25) is 0 Å². The minimum atomic E-state index is -0.413. The maximum atomic E-state index is 11.8. The number of esters is 1. The molecule has 0 aromatic heterocycles. The summed E-state index contributed by atoms with van der Waals surface area (Å²) in [6.45, 7) is 8.81. The maximum Gasteiger partial charge on any atom is 0.309 e. The highest BCUT2D eigenvalue weighted by molar-refractivity contribution is 7.94. The van der Waals surface area contributed by atoms with Crippen molar-refractivity contribution in [2.45, 2.75) is 57.1 Å². The third-order valence-corrected chi connectivity index (χ3v) is 4.28. The number of hydrogen-bond donors (Lipinski definition) is 0. The molecule has 1 aromatic carbocycles. The predicted molar refractivity (Wildman–Crippen MR) is 91.3 cm³/mol. The van der Waals surface area contributed by atoms with E-state index in [1.807, 2.05) is 32.9 Å². The van der Waals surface area contributed by atoms with E-state index < -0.39 is 5.60 Å². The van der Waals surface area contributed by atoms with Gasteiger partial charge in [0.1, 0.15) is 5.60 Å². The van der Waals surface area contributed by atoms with Gasteiger partial charge >= 0.3 is 5.97 Å². The first-order chi connectivity index (χ1) is 10.8. The van der Waals surface area contributed by atoms with Gasteiger partial charge in [0.15, 0.2) is 0 Å². The lowest BCUT2D eigenvalue weighted by Gasteiger charge is -2.35. The van der Waals surface area contributed by atoms with E-state index in [0.717, 1.165) is 17.7 Å². The van der Waals surface area contributed by atoms with Crippen molar-refractivity contribution in [1.82, 2.24) is 0 Å². The lowest BCUT2D eigenvalue weighted by atomic mass is 9.82. The first-order valence-corrected chi connectivity index (χ1v) is 8.78. The van der Waals surface area contributed by atoms with Gasteiger partial charge < -0.3 is 13.7 Å². The highest BCUT2D eigenvalue weighted by Crippen LogP contribution is 2.32. The number of carbonyl (C=O) groups excluding carboxylic acids is 1. The molecule has 4 nitrogen and oxygen atoms in total. The normalized spacial score (nSPS) is 20.9. The molecule has 0 amide bonds. The number of hydrogen-bond acceptors (Lipinski definition) is 5. The van der Waals surface area contributed by atoms with Crippen molar-refractivity contribution >= 4 is 18.0 Å². The summed E-state index contributed by atoms with van der Waals surface area (Å²) in [5.41, 5.74) is 0.826. The van der Waals surface area contributed by atoms with Crippen molar-refractivity contribution < 1.29 is 18.5 Å². The zero-order chi connectivity index (χ0) is 16.9. The molecule has 23 heavy (non-hydrogen) atoms. The van der Waals surface area contributed by atoms with E-state index in [1.54, 1.807) is 0 Å². The number of benzene rings is 1. The van der Waals surface area contributed by atoms with Crippen LogP contribution in [0.5, 0.6) is 0 Å². The summed E-state index contributed by atoms with van der Waals surface area (Å²) in [6.07, 6.45) is 1.65. The third-order valence-electron chi connectivity index (χ3n) is 3.53. The van der Waals surface area contributed by atoms with Crippen LogP contribution < -0.4 is 0 Å². The summed E-state index contributed by atoms with van der Waals surface area (Å²) in [5.74, 6) is -0.120. The van der Waals surface area contributed by atoms with Crippen molar-refractivity contribution in [3.8, 4) is 0 Å². The lowest BCUT2D eigenvalue weighted by Crippen LogP contribution is -2.40. The Bertz CT molecular complexity index is 501. The van der Waals surface area contributed by atoms with Gasteiger partial charge in [-0.2, -0.15) is 0 Å². The molecule has 1 fully saturated rings. The van der Waals surface area contributed by atoms with Gasteiger partial charge in [0.05, 0.1) is 25.2 Å². The maximum absolute atomic E-state index is 11.8. The summed E-state index contributed by atoms with van der Waals surface area (Å²) in [4.78, 5) is 12.9. The Hall–Kier alpha value is -1.04. The van der Waals surface area contributed by atoms with Crippen LogP contribution >= 0.6 is 12.0 Å². The van der Waals surface area contributed by atoms with E-state index in [1.165, 1.54) is 17.6 Å². The van der Waals surface area contributed by atoms with Crippen LogP contribution in [0.25, 0.3) is 0 Å². The number of carbonyl (C=O) groups is 1. The van der Waals surface area contributed by atoms with Gasteiger partial charge in [0.2, 0.25) is 0 Å². The SMILES string of the molecule is Cc1ccc(SOCCOC2CC(C(=O)OC(C)(C)C)C2)cc1. The Morgan fingerprint density at radius 3 is 2.43 bits per heavy atom. The topological polar surface area (TPSA) is 44.8 Å². The quantitative estimate of drug-likeness (QED) is 0.424. The second-order valence-electron chi connectivity index (χ2n) is 6.91. The summed E-state index contributed by atoms with van der Waals surface area (Å²) in [5, 5.41) is 0. The zero-order valence-corrected chi connectivity index (χ0v) is 15.2. The minimum Gasteiger partial charge on any atom is -0.460 e. The summed E-state index contributed by atoms with van der Waals surface area (Å²) in [6, 6.07) is 8.21. The van der Waals surface area contributed by atoms with Crippen LogP contribution in [0, 0.1) is 12.8 Å². The molecule has 0 bridgehead atoms. The molecule has 2 rings (SSSR count). The molecule has 1 aromatic rings. The summed E-state index contributed by atoms with van der Waals surface area (Å²) >= 11 is 1.36. The average molecular weight is 338 g/mol. The molecule has 0 N–H and O–H groups in total. The minimum absolute atomic E-state index is 0.0120. The smallest absolute Gasteiger partial charge is 0.309 e. The highest BCUT2D eigenvalue weighted by atomic mass is 32.2. The lowest BCUT2D eigenvalue weighted by molar-refractivity contribution is -0.169. The molecule has 0 radical (unpaired) electrons. The van der Waals surface area contributed by atoms with Crippen LogP contribution in [0.4, 0.5) is 0 Å². The second kappa shape index (κ2) is 8.18. The van der Waals surface area contributed by atoms with Gasteiger partial charge in [0, 0.05) is 16.9 Å². The molecule has 0 aliphatic heterocycles. The molecule has 0 spiro atoms. The molecular formula is C18H26O4S. The van der Waals surface area contributed by atoms with Gasteiger partial charge in [-0.25, -0.2) is 0 Å². The van der Waals surface area contributed by atoms with Gasteiger partial charge in [0.25, 0.3) is 0 Å². The average Bonchev–Trinajstić information content (AvgIpc) is 2.40. The molecule has 1 aliphatic rings. The highest BCUT2D eigenvalue weighted by Gasteiger charge is 2.37. The van der Waals surface area contributed by atoms with Crippen molar-refractivity contribution in [2.24, 2.45) is 5.92 Å². The van der Waals surface area contributed by atoms with Crippen LogP contribution in [-0.2, 0) is 18.5 Å². The molecule has 0 unspecified atom stereocenters. The monoisotopic (exact) mass is 338 g/mol. The first-order valence-electron chi connectivity index (χ1n) is 8.04. The van der Waals surface area contributed by atoms with Crippen molar-refractivity contribution in [3.63, 3.8) is 0 Å². The molecule has 0 heterocycles. The van der Waals surface area contributed by atoms with Crippen LogP contribution in [0.3, 0.4) is 0 Å². The van der Waals surface area contributed by atoms with Crippen LogP contribution in [0.1, 0.15) is 39.2 Å². The molecule has 0 atom stereocenters. The molecule has 0 saturated heterocycles. The van der Waals surface area contributed by atoms with E-state index in [9.17, 15) is 4.79 Å². The van der Waals surface area contributed by atoms with E-state index >= 15 is 0 Å². The summed E-state index contributed by atoms with van der Waals surface area (Å²) in [7, 11) is 0. The van der Waals surface area contributed by atoms with E-state index in [0.29, 0.717) is 13.2 Å². The Balaban J connectivity index is 1.52. The van der Waals surface area contributed by atoms with Crippen molar-refractivity contribution in [1.29, 1.82) is 0 Å². The summed E-state index contributed by atoms with van der Waals surface area (Å²) < 4.78 is 16.6. The van der Waals surface area contributed by atoms with Crippen LogP contribution in [0.15, 0.2) is 29.2 Å². The van der Waals surface area contributed by atoms with Gasteiger partial charge in [-0.05, 0) is 52.7 Å². The standard InChI is InChI=1S/C18H26O4S/c1-13-5-7-16(8-6-13)23-21-10-9-20-15-11-14(12-15)17(19)22-18(2,3)4/h5-8,14-15H,9-12H2,1-4H3. The third kappa shape index (κ3) is 6.53. The van der Waals surface area contributed by atoms with E-state index in [-0.39, 0.29) is 18.0 Å². The Kier molecular flexibility index (Phi) is 6.50. The predicted octanol–water partition coefficient (Wildman–Crippen LogP) is 4.16. The molecule has 1 aliphatic carbocycles. The van der Waals surface area contributed by atoms with Gasteiger partial charge in [-0.15, -0.1) is 0 Å². The van der Waals surface area contributed by atoms with Gasteiger partial charge in [-0.1, -0.05) is 17.7 Å². The number of aryl methyl sites for hydroxylation is 1. The second-order valence-corrected chi connectivity index (χ2v) is 7.79. The largest absolute Gasteiger partial charge is 0.460 e. The molecule has 128 valence electrons. The van der Waals surface area contributed by atoms with Crippen molar-refractivity contribution in [2.75, 3.05) is 13.2 Å². The van der Waals surface area contributed by atoms with Gasteiger partial charge in [-0.3, -0.25) is 4.79 Å². The zero-order valence-electron chi connectivity index (χ0n) is 14.3. The Labute approximate surface area is 143 Å². The molecule has 5 heteroatoms. The molecule has 1 saturated carbocycles. The number of rotatable bonds is 7. The Morgan fingerprint density at radius 1 is 1.17 bits per heavy atom. The fourth-order valence-corrected chi connectivity index (χ4v) is 2.77. The first kappa shape index (κ1) is 18.3. The van der Waals surface area contributed by atoms with E-state index in [4.69, 9.17) is 13.7 Å². The molecular weight excluding hydrogens is 312 g/mol.